The first-order valence-electron chi connectivity index (χ1n) is 10.0. The Hall–Kier alpha value is -2.29. The maximum absolute atomic E-state index is 12.5. The summed E-state index contributed by atoms with van der Waals surface area (Å²) in [6.45, 7) is 3.16. The average molecular weight is 417 g/mol. The Balaban J connectivity index is 1.46. The molecule has 2 fully saturated rings. The minimum Gasteiger partial charge on any atom is -0.376 e. The second-order valence-corrected chi connectivity index (χ2v) is 7.79. The number of aromatic nitrogens is 3. The molecule has 4 rings (SSSR count). The molecule has 3 N–H and O–H groups in total. The van der Waals surface area contributed by atoms with Crippen molar-refractivity contribution in [2.24, 2.45) is 5.92 Å². The molecule has 2 unspecified atom stereocenters. The highest BCUT2D eigenvalue weighted by molar-refractivity contribution is 6.33. The van der Waals surface area contributed by atoms with Crippen molar-refractivity contribution in [3.63, 3.8) is 0 Å². The number of ether oxygens (including phenoxy) is 1. The van der Waals surface area contributed by atoms with Crippen LogP contribution in [0.1, 0.15) is 25.7 Å². The molecular formula is C20H25ClN6O2. The third-order valence-electron chi connectivity index (χ3n) is 5.22. The van der Waals surface area contributed by atoms with E-state index in [2.05, 4.69) is 30.9 Å². The predicted molar refractivity (Wildman–Crippen MR) is 112 cm³/mol. The zero-order chi connectivity index (χ0) is 20.1. The van der Waals surface area contributed by atoms with Crippen LogP contribution < -0.4 is 16.0 Å². The highest BCUT2D eigenvalue weighted by atomic mass is 35.5. The molecule has 8 nitrogen and oxygen atoms in total. The minimum absolute atomic E-state index is 0.0314. The Labute approximate surface area is 174 Å². The first kappa shape index (κ1) is 20.0. The molecule has 0 spiro atoms. The zero-order valence-electron chi connectivity index (χ0n) is 16.2. The number of anilines is 2. The van der Waals surface area contributed by atoms with Crippen molar-refractivity contribution in [3.05, 3.63) is 29.7 Å². The van der Waals surface area contributed by atoms with Gasteiger partial charge in [-0.1, -0.05) is 11.6 Å². The van der Waals surface area contributed by atoms with Crippen molar-refractivity contribution in [3.8, 4) is 11.3 Å². The smallest absolute Gasteiger partial charge is 0.229 e. The number of pyridine rings is 1. The molecule has 9 heteroatoms. The van der Waals surface area contributed by atoms with Gasteiger partial charge >= 0.3 is 0 Å². The summed E-state index contributed by atoms with van der Waals surface area (Å²) in [7, 11) is 0. The molecule has 0 saturated carbocycles. The zero-order valence-corrected chi connectivity index (χ0v) is 16.9. The van der Waals surface area contributed by atoms with E-state index < -0.39 is 0 Å². The van der Waals surface area contributed by atoms with Gasteiger partial charge < -0.3 is 20.7 Å². The molecule has 2 aliphatic rings. The van der Waals surface area contributed by atoms with E-state index in [1.807, 2.05) is 0 Å². The number of nitrogens with zero attached hydrogens (tertiary/aromatic N) is 3. The lowest BCUT2D eigenvalue weighted by atomic mass is 9.99. The lowest BCUT2D eigenvalue weighted by Gasteiger charge is -2.21. The fourth-order valence-electron chi connectivity index (χ4n) is 3.61. The first-order valence-corrected chi connectivity index (χ1v) is 10.4. The minimum atomic E-state index is -0.0465. The third kappa shape index (κ3) is 5.20. The van der Waals surface area contributed by atoms with Gasteiger partial charge in [0, 0.05) is 31.5 Å². The largest absolute Gasteiger partial charge is 0.376 e. The number of halogens is 1. The molecule has 4 heterocycles. The van der Waals surface area contributed by atoms with Crippen LogP contribution in [0.5, 0.6) is 0 Å². The average Bonchev–Trinajstić information content (AvgIpc) is 3.28. The second kappa shape index (κ2) is 9.47. The number of carbonyl (C=O) groups excluding carboxylic acids is 1. The van der Waals surface area contributed by atoms with Crippen LogP contribution in [0.4, 0.5) is 11.6 Å². The van der Waals surface area contributed by atoms with Crippen LogP contribution in [0.15, 0.2) is 24.7 Å². The molecule has 1 amide bonds. The van der Waals surface area contributed by atoms with Crippen molar-refractivity contribution in [1.29, 1.82) is 0 Å². The maximum atomic E-state index is 12.5. The Kier molecular flexibility index (Phi) is 6.53. The number of piperidine rings is 1. The fourth-order valence-corrected chi connectivity index (χ4v) is 3.81. The van der Waals surface area contributed by atoms with E-state index in [1.54, 1.807) is 18.5 Å². The number of amides is 1. The Morgan fingerprint density at radius 1 is 1.24 bits per heavy atom. The first-order chi connectivity index (χ1) is 14.2. The summed E-state index contributed by atoms with van der Waals surface area (Å²) in [4.78, 5) is 25.6. The Morgan fingerprint density at radius 2 is 2.17 bits per heavy atom. The monoisotopic (exact) mass is 416 g/mol. The van der Waals surface area contributed by atoms with Gasteiger partial charge in [0.2, 0.25) is 5.91 Å². The lowest BCUT2D eigenvalue weighted by molar-refractivity contribution is -0.120. The van der Waals surface area contributed by atoms with Gasteiger partial charge in [-0.05, 0) is 38.3 Å². The molecule has 2 atom stereocenters. The van der Waals surface area contributed by atoms with E-state index in [4.69, 9.17) is 16.3 Å². The number of hydrogen-bond acceptors (Lipinski definition) is 7. The van der Waals surface area contributed by atoms with E-state index in [0.717, 1.165) is 38.8 Å². The van der Waals surface area contributed by atoms with Gasteiger partial charge in [-0.25, -0.2) is 9.97 Å². The second-order valence-electron chi connectivity index (χ2n) is 7.39. The summed E-state index contributed by atoms with van der Waals surface area (Å²) in [6, 6.07) is 1.74. The summed E-state index contributed by atoms with van der Waals surface area (Å²) >= 11 is 6.36. The topological polar surface area (TPSA) is 101 Å². The molecule has 2 aromatic rings. The molecule has 0 aromatic carbocycles. The summed E-state index contributed by atoms with van der Waals surface area (Å²) in [5, 5.41) is 9.87. The maximum Gasteiger partial charge on any atom is 0.229 e. The van der Waals surface area contributed by atoms with E-state index in [9.17, 15) is 4.79 Å². The summed E-state index contributed by atoms with van der Waals surface area (Å²) in [5.74, 6) is 1.04. The van der Waals surface area contributed by atoms with Gasteiger partial charge in [0.05, 0.1) is 35.1 Å². The van der Waals surface area contributed by atoms with Gasteiger partial charge in [0.1, 0.15) is 11.6 Å². The van der Waals surface area contributed by atoms with E-state index >= 15 is 0 Å². The van der Waals surface area contributed by atoms with Crippen LogP contribution in [-0.2, 0) is 9.53 Å². The van der Waals surface area contributed by atoms with Crippen LogP contribution >= 0.6 is 11.6 Å². The summed E-state index contributed by atoms with van der Waals surface area (Å²) in [6.07, 6.45) is 9.08. The Morgan fingerprint density at radius 3 is 2.97 bits per heavy atom. The molecule has 29 heavy (non-hydrogen) atoms. The number of hydrogen-bond donors (Lipinski definition) is 3. The van der Waals surface area contributed by atoms with Gasteiger partial charge in [0.25, 0.3) is 0 Å². The molecule has 2 saturated heterocycles. The molecular weight excluding hydrogens is 392 g/mol. The van der Waals surface area contributed by atoms with Crippen molar-refractivity contribution in [2.45, 2.75) is 31.8 Å². The van der Waals surface area contributed by atoms with Crippen molar-refractivity contribution >= 4 is 29.1 Å². The van der Waals surface area contributed by atoms with Crippen LogP contribution in [0.25, 0.3) is 11.3 Å². The number of nitrogens with one attached hydrogen (secondary N) is 3. The lowest BCUT2D eigenvalue weighted by Crippen LogP contribution is -2.37. The molecule has 0 bridgehead atoms. The van der Waals surface area contributed by atoms with Gasteiger partial charge in [0.15, 0.2) is 0 Å². The molecule has 2 aromatic heterocycles. The highest BCUT2D eigenvalue weighted by Crippen LogP contribution is 2.28. The SMILES string of the molecule is O=C(Nc1cc(-c2cncc(NCC3CCCO3)n2)c(Cl)cn1)C1CCCNC1. The predicted octanol–water partition coefficient (Wildman–Crippen LogP) is 2.72. The molecule has 154 valence electrons. The van der Waals surface area contributed by atoms with Crippen LogP contribution in [-0.4, -0.2) is 53.2 Å². The van der Waals surface area contributed by atoms with Gasteiger partial charge in [-0.15, -0.1) is 0 Å². The van der Waals surface area contributed by atoms with Crippen molar-refractivity contribution < 1.29 is 9.53 Å². The van der Waals surface area contributed by atoms with Gasteiger partial charge in [-0.2, -0.15) is 0 Å². The summed E-state index contributed by atoms with van der Waals surface area (Å²) in [5.41, 5.74) is 1.29. The van der Waals surface area contributed by atoms with E-state index in [1.165, 1.54) is 6.20 Å². The Bertz CT molecular complexity index is 853. The highest BCUT2D eigenvalue weighted by Gasteiger charge is 2.22. The van der Waals surface area contributed by atoms with Crippen LogP contribution in [0.2, 0.25) is 5.02 Å². The van der Waals surface area contributed by atoms with E-state index in [0.29, 0.717) is 41.0 Å². The molecule has 0 radical (unpaired) electrons. The van der Waals surface area contributed by atoms with Gasteiger partial charge in [-0.3, -0.25) is 9.78 Å². The molecule has 2 aliphatic heterocycles. The quantitative estimate of drug-likeness (QED) is 0.665. The van der Waals surface area contributed by atoms with Crippen molar-refractivity contribution in [2.75, 3.05) is 36.9 Å². The fraction of sp³-hybridized carbons (Fsp3) is 0.500. The number of rotatable bonds is 6. The number of carbonyl (C=O) groups is 1. The summed E-state index contributed by atoms with van der Waals surface area (Å²) < 4.78 is 5.63. The van der Waals surface area contributed by atoms with Crippen LogP contribution in [0.3, 0.4) is 0 Å². The van der Waals surface area contributed by atoms with Crippen molar-refractivity contribution in [1.82, 2.24) is 20.3 Å². The third-order valence-corrected chi connectivity index (χ3v) is 5.52. The standard InChI is InChI=1S/C20H25ClN6O2/c21-16-10-25-18(27-20(28)13-3-1-5-22-8-13)7-15(16)17-11-23-12-19(26-17)24-9-14-4-2-6-29-14/h7,10-14,22H,1-6,8-9H2,(H,24,26)(H,25,27,28). The normalized spacial score (nSPS) is 21.7. The van der Waals surface area contributed by atoms with E-state index in [-0.39, 0.29) is 17.9 Å². The van der Waals surface area contributed by atoms with Crippen LogP contribution in [0, 0.1) is 5.92 Å². The molecule has 0 aliphatic carbocycles.